The van der Waals surface area contributed by atoms with Crippen LogP contribution in [0.15, 0.2) is 72.8 Å². The molecule has 0 heterocycles. The van der Waals surface area contributed by atoms with Gasteiger partial charge in [0.1, 0.15) is 0 Å². The SMILES string of the molecule is CC[C@H](NC(=O)c1ccc(CN(c2cc(C)ccc2C)S(C)(=O)=O)cc1)c1ccccc1. The van der Waals surface area contributed by atoms with Crippen LogP contribution < -0.4 is 9.62 Å². The third-order valence-corrected chi connectivity index (χ3v) is 6.62. The smallest absolute Gasteiger partial charge is 0.251 e. The van der Waals surface area contributed by atoms with Gasteiger partial charge in [0.2, 0.25) is 10.0 Å². The Morgan fingerprint density at radius 2 is 1.62 bits per heavy atom. The molecule has 168 valence electrons. The molecular formula is C26H30N2O3S. The lowest BCUT2D eigenvalue weighted by Gasteiger charge is -2.25. The minimum atomic E-state index is -3.48. The van der Waals surface area contributed by atoms with Gasteiger partial charge in [0.25, 0.3) is 5.91 Å². The van der Waals surface area contributed by atoms with Crippen molar-refractivity contribution in [3.05, 3.63) is 101 Å². The molecule has 0 saturated carbocycles. The van der Waals surface area contributed by atoms with Crippen molar-refractivity contribution in [2.45, 2.75) is 39.8 Å². The average molecular weight is 451 g/mol. The summed E-state index contributed by atoms with van der Waals surface area (Å²) >= 11 is 0. The molecule has 5 nitrogen and oxygen atoms in total. The Kier molecular flexibility index (Phi) is 7.36. The van der Waals surface area contributed by atoms with Gasteiger partial charge in [0.05, 0.1) is 24.5 Å². The molecule has 0 aromatic heterocycles. The van der Waals surface area contributed by atoms with Crippen LogP contribution in [0.2, 0.25) is 0 Å². The lowest BCUT2D eigenvalue weighted by atomic mass is 10.0. The van der Waals surface area contributed by atoms with Crippen LogP contribution in [0, 0.1) is 13.8 Å². The number of amides is 1. The fraction of sp³-hybridized carbons (Fsp3) is 0.269. The fourth-order valence-electron chi connectivity index (χ4n) is 3.64. The molecule has 0 spiro atoms. The molecule has 0 aliphatic heterocycles. The van der Waals surface area contributed by atoms with Crippen LogP contribution in [-0.2, 0) is 16.6 Å². The summed E-state index contributed by atoms with van der Waals surface area (Å²) in [6.45, 7) is 6.08. The number of nitrogens with one attached hydrogen (secondary N) is 1. The van der Waals surface area contributed by atoms with Gasteiger partial charge in [-0.05, 0) is 60.7 Å². The highest BCUT2D eigenvalue weighted by Crippen LogP contribution is 2.26. The van der Waals surface area contributed by atoms with E-state index in [9.17, 15) is 13.2 Å². The summed E-state index contributed by atoms with van der Waals surface area (Å²) in [7, 11) is -3.48. The monoisotopic (exact) mass is 450 g/mol. The third-order valence-electron chi connectivity index (χ3n) is 5.49. The summed E-state index contributed by atoms with van der Waals surface area (Å²) in [5, 5.41) is 3.08. The molecule has 3 aromatic carbocycles. The van der Waals surface area contributed by atoms with Crippen molar-refractivity contribution in [1.29, 1.82) is 0 Å². The molecule has 1 atom stereocenters. The molecule has 0 fully saturated rings. The van der Waals surface area contributed by atoms with E-state index in [4.69, 9.17) is 0 Å². The number of rotatable bonds is 8. The Bertz CT molecular complexity index is 1170. The molecule has 1 N–H and O–H groups in total. The number of hydrogen-bond donors (Lipinski definition) is 1. The second kappa shape index (κ2) is 10.0. The third kappa shape index (κ3) is 5.77. The standard InChI is InChI=1S/C26H30N2O3S/c1-5-24(22-9-7-6-8-10-22)27-26(29)23-15-13-21(14-16-23)18-28(32(4,30)31)25-17-19(2)11-12-20(25)3/h6-17,24H,5,18H2,1-4H3,(H,27,29)/t24-/m0/s1. The summed E-state index contributed by atoms with van der Waals surface area (Å²) < 4.78 is 26.5. The number of nitrogens with zero attached hydrogens (tertiary/aromatic N) is 1. The van der Waals surface area contributed by atoms with Crippen molar-refractivity contribution < 1.29 is 13.2 Å². The van der Waals surface area contributed by atoms with E-state index in [0.717, 1.165) is 28.7 Å². The predicted octanol–water partition coefficient (Wildman–Crippen LogP) is 5.15. The molecule has 0 saturated heterocycles. The van der Waals surface area contributed by atoms with E-state index < -0.39 is 10.0 Å². The Labute approximate surface area is 191 Å². The van der Waals surface area contributed by atoms with Crippen LogP contribution in [0.1, 0.15) is 52.0 Å². The molecule has 3 rings (SSSR count). The van der Waals surface area contributed by atoms with Crippen molar-refractivity contribution in [3.63, 3.8) is 0 Å². The van der Waals surface area contributed by atoms with Crippen molar-refractivity contribution in [1.82, 2.24) is 5.32 Å². The average Bonchev–Trinajstić information content (AvgIpc) is 2.77. The maximum absolute atomic E-state index is 12.8. The molecule has 0 radical (unpaired) electrons. The Hall–Kier alpha value is -3.12. The lowest BCUT2D eigenvalue weighted by Crippen LogP contribution is -2.30. The minimum Gasteiger partial charge on any atom is -0.345 e. The van der Waals surface area contributed by atoms with Gasteiger partial charge < -0.3 is 5.32 Å². The van der Waals surface area contributed by atoms with Gasteiger partial charge in [-0.1, -0.05) is 61.5 Å². The topological polar surface area (TPSA) is 66.5 Å². The number of aryl methyl sites for hydroxylation is 2. The number of sulfonamides is 1. The van der Waals surface area contributed by atoms with Gasteiger partial charge in [-0.25, -0.2) is 8.42 Å². The maximum atomic E-state index is 12.8. The molecule has 0 aliphatic carbocycles. The summed E-state index contributed by atoms with van der Waals surface area (Å²) in [6.07, 6.45) is 2.00. The first-order valence-electron chi connectivity index (χ1n) is 10.7. The Morgan fingerprint density at radius 1 is 0.969 bits per heavy atom. The van der Waals surface area contributed by atoms with Crippen LogP contribution in [0.4, 0.5) is 5.69 Å². The van der Waals surface area contributed by atoms with Crippen molar-refractivity contribution in [3.8, 4) is 0 Å². The molecule has 32 heavy (non-hydrogen) atoms. The molecule has 3 aromatic rings. The van der Waals surface area contributed by atoms with Crippen LogP contribution >= 0.6 is 0 Å². The van der Waals surface area contributed by atoms with E-state index >= 15 is 0 Å². The molecule has 6 heteroatoms. The van der Waals surface area contributed by atoms with Crippen molar-refractivity contribution >= 4 is 21.6 Å². The van der Waals surface area contributed by atoms with Crippen LogP contribution in [0.5, 0.6) is 0 Å². The Morgan fingerprint density at radius 3 is 2.22 bits per heavy atom. The molecular weight excluding hydrogens is 420 g/mol. The quantitative estimate of drug-likeness (QED) is 0.516. The fourth-order valence-corrected chi connectivity index (χ4v) is 4.58. The first kappa shape index (κ1) is 23.5. The normalized spacial score (nSPS) is 12.2. The van der Waals surface area contributed by atoms with E-state index in [0.29, 0.717) is 11.3 Å². The van der Waals surface area contributed by atoms with Gasteiger partial charge in [0.15, 0.2) is 0 Å². The number of carbonyl (C=O) groups is 1. The van der Waals surface area contributed by atoms with Crippen LogP contribution in [0.3, 0.4) is 0 Å². The zero-order chi connectivity index (χ0) is 23.3. The van der Waals surface area contributed by atoms with E-state index in [1.165, 1.54) is 10.6 Å². The molecule has 0 bridgehead atoms. The maximum Gasteiger partial charge on any atom is 0.251 e. The van der Waals surface area contributed by atoms with Crippen molar-refractivity contribution in [2.24, 2.45) is 0 Å². The summed E-state index contributed by atoms with van der Waals surface area (Å²) in [5.41, 5.74) is 4.97. The van der Waals surface area contributed by atoms with Gasteiger partial charge in [-0.3, -0.25) is 9.10 Å². The zero-order valence-corrected chi connectivity index (χ0v) is 19.8. The highest BCUT2D eigenvalue weighted by molar-refractivity contribution is 7.92. The largest absolute Gasteiger partial charge is 0.345 e. The summed E-state index contributed by atoms with van der Waals surface area (Å²) in [6, 6.07) is 22.7. The van der Waals surface area contributed by atoms with Gasteiger partial charge in [0, 0.05) is 5.56 Å². The van der Waals surface area contributed by atoms with Gasteiger partial charge in [-0.2, -0.15) is 0 Å². The number of benzene rings is 3. The lowest BCUT2D eigenvalue weighted by molar-refractivity contribution is 0.0935. The number of carbonyl (C=O) groups excluding carboxylic acids is 1. The highest BCUT2D eigenvalue weighted by atomic mass is 32.2. The van der Waals surface area contributed by atoms with E-state index in [1.807, 2.05) is 81.4 Å². The molecule has 0 aliphatic rings. The van der Waals surface area contributed by atoms with E-state index in [2.05, 4.69) is 5.32 Å². The van der Waals surface area contributed by atoms with E-state index in [-0.39, 0.29) is 18.5 Å². The van der Waals surface area contributed by atoms with Crippen LogP contribution in [0.25, 0.3) is 0 Å². The second-order valence-electron chi connectivity index (χ2n) is 8.10. The van der Waals surface area contributed by atoms with Gasteiger partial charge >= 0.3 is 0 Å². The number of hydrogen-bond acceptors (Lipinski definition) is 3. The first-order chi connectivity index (χ1) is 15.2. The summed E-state index contributed by atoms with van der Waals surface area (Å²) in [4.78, 5) is 12.8. The Balaban J connectivity index is 1.78. The number of anilines is 1. The highest BCUT2D eigenvalue weighted by Gasteiger charge is 2.20. The zero-order valence-electron chi connectivity index (χ0n) is 19.0. The molecule has 1 amide bonds. The van der Waals surface area contributed by atoms with Gasteiger partial charge in [-0.15, -0.1) is 0 Å². The van der Waals surface area contributed by atoms with Crippen molar-refractivity contribution in [2.75, 3.05) is 10.6 Å². The van der Waals surface area contributed by atoms with Crippen LogP contribution in [-0.4, -0.2) is 20.6 Å². The first-order valence-corrected chi connectivity index (χ1v) is 12.5. The minimum absolute atomic E-state index is 0.0617. The second-order valence-corrected chi connectivity index (χ2v) is 10.0. The molecule has 0 unspecified atom stereocenters. The summed E-state index contributed by atoms with van der Waals surface area (Å²) in [5.74, 6) is -0.151. The predicted molar refractivity (Wildman–Crippen MR) is 130 cm³/mol. The van der Waals surface area contributed by atoms with E-state index in [1.54, 1.807) is 12.1 Å².